The van der Waals surface area contributed by atoms with Gasteiger partial charge < -0.3 is 9.47 Å². The number of hydrogen-bond acceptors (Lipinski definition) is 4. The molecule has 2 unspecified atom stereocenters. The van der Waals surface area contributed by atoms with Crippen LogP contribution in [0.3, 0.4) is 0 Å². The van der Waals surface area contributed by atoms with Crippen LogP contribution >= 0.6 is 0 Å². The maximum Gasteiger partial charge on any atom is 0.0769 e. The van der Waals surface area contributed by atoms with Crippen molar-refractivity contribution in [2.45, 2.75) is 44.8 Å². The SMILES string of the molecule is CCOC(C1CC1)C(CCCOC)NN. The van der Waals surface area contributed by atoms with Gasteiger partial charge >= 0.3 is 0 Å². The molecule has 1 aliphatic carbocycles. The van der Waals surface area contributed by atoms with Crippen molar-refractivity contribution in [1.29, 1.82) is 0 Å². The Morgan fingerprint density at radius 1 is 1.47 bits per heavy atom. The van der Waals surface area contributed by atoms with E-state index in [1.54, 1.807) is 7.11 Å². The Bertz CT molecular complexity index is 163. The summed E-state index contributed by atoms with van der Waals surface area (Å²) in [6.45, 7) is 3.60. The van der Waals surface area contributed by atoms with Crippen LogP contribution in [0.1, 0.15) is 32.6 Å². The van der Waals surface area contributed by atoms with E-state index >= 15 is 0 Å². The summed E-state index contributed by atoms with van der Waals surface area (Å²) in [5.41, 5.74) is 2.89. The van der Waals surface area contributed by atoms with E-state index in [1.807, 2.05) is 6.92 Å². The molecule has 0 radical (unpaired) electrons. The minimum atomic E-state index is 0.271. The zero-order valence-corrected chi connectivity index (χ0v) is 9.87. The van der Waals surface area contributed by atoms with Crippen LogP contribution in [0.4, 0.5) is 0 Å². The van der Waals surface area contributed by atoms with E-state index in [0.29, 0.717) is 5.92 Å². The molecule has 0 aromatic carbocycles. The molecule has 90 valence electrons. The molecule has 2 atom stereocenters. The molecule has 4 nitrogen and oxygen atoms in total. The first kappa shape index (κ1) is 12.9. The Morgan fingerprint density at radius 2 is 2.20 bits per heavy atom. The normalized spacial score (nSPS) is 20.2. The van der Waals surface area contributed by atoms with Gasteiger partial charge in [0.25, 0.3) is 0 Å². The molecule has 0 aliphatic heterocycles. The van der Waals surface area contributed by atoms with Gasteiger partial charge in [-0.2, -0.15) is 0 Å². The molecule has 0 heterocycles. The van der Waals surface area contributed by atoms with Crippen LogP contribution in [0.25, 0.3) is 0 Å². The van der Waals surface area contributed by atoms with Crippen molar-refractivity contribution < 1.29 is 9.47 Å². The van der Waals surface area contributed by atoms with Crippen molar-refractivity contribution in [2.75, 3.05) is 20.3 Å². The zero-order valence-electron chi connectivity index (χ0n) is 9.87. The lowest BCUT2D eigenvalue weighted by molar-refractivity contribution is 0.0148. The quantitative estimate of drug-likeness (QED) is 0.344. The van der Waals surface area contributed by atoms with E-state index in [2.05, 4.69) is 5.43 Å². The highest BCUT2D eigenvalue weighted by Crippen LogP contribution is 2.36. The van der Waals surface area contributed by atoms with Crippen molar-refractivity contribution in [3.63, 3.8) is 0 Å². The van der Waals surface area contributed by atoms with Gasteiger partial charge in [-0.15, -0.1) is 0 Å². The lowest BCUT2D eigenvalue weighted by Crippen LogP contribution is -2.46. The predicted octanol–water partition coefficient (Wildman–Crippen LogP) is 1.06. The van der Waals surface area contributed by atoms with E-state index in [9.17, 15) is 0 Å². The summed E-state index contributed by atoms with van der Waals surface area (Å²) < 4.78 is 10.8. The number of nitrogens with one attached hydrogen (secondary N) is 1. The summed E-state index contributed by atoms with van der Waals surface area (Å²) in [6, 6.07) is 0.271. The molecule has 1 rings (SSSR count). The standard InChI is InChI=1S/C11H24N2O2/c1-3-15-11(9-6-7-9)10(13-12)5-4-8-14-2/h9-11,13H,3-8,12H2,1-2H3. The highest BCUT2D eigenvalue weighted by atomic mass is 16.5. The Balaban J connectivity index is 2.31. The molecule has 1 aliphatic rings. The molecule has 0 amide bonds. The Labute approximate surface area is 92.5 Å². The molecular weight excluding hydrogens is 192 g/mol. The summed E-state index contributed by atoms with van der Waals surface area (Å²) in [7, 11) is 1.73. The van der Waals surface area contributed by atoms with Gasteiger partial charge in [-0.25, -0.2) is 0 Å². The summed E-state index contributed by atoms with van der Waals surface area (Å²) in [5.74, 6) is 6.30. The highest BCUT2D eigenvalue weighted by Gasteiger charge is 2.36. The van der Waals surface area contributed by atoms with E-state index in [1.165, 1.54) is 12.8 Å². The largest absolute Gasteiger partial charge is 0.385 e. The lowest BCUT2D eigenvalue weighted by Gasteiger charge is -2.26. The molecule has 15 heavy (non-hydrogen) atoms. The van der Waals surface area contributed by atoms with Gasteiger partial charge in [-0.05, 0) is 38.5 Å². The van der Waals surface area contributed by atoms with Crippen molar-refractivity contribution in [2.24, 2.45) is 11.8 Å². The predicted molar refractivity (Wildman–Crippen MR) is 60.4 cm³/mol. The van der Waals surface area contributed by atoms with E-state index in [0.717, 1.165) is 26.1 Å². The maximum absolute atomic E-state index is 5.77. The first-order valence-corrected chi connectivity index (χ1v) is 5.90. The van der Waals surface area contributed by atoms with Crippen LogP contribution in [-0.2, 0) is 9.47 Å². The van der Waals surface area contributed by atoms with Crippen LogP contribution in [0.5, 0.6) is 0 Å². The van der Waals surface area contributed by atoms with Gasteiger partial charge in [0.15, 0.2) is 0 Å². The molecule has 0 aromatic heterocycles. The number of rotatable bonds is 9. The van der Waals surface area contributed by atoms with Crippen LogP contribution in [0.2, 0.25) is 0 Å². The number of nitrogens with two attached hydrogens (primary N) is 1. The Morgan fingerprint density at radius 3 is 2.67 bits per heavy atom. The smallest absolute Gasteiger partial charge is 0.0769 e. The first-order valence-electron chi connectivity index (χ1n) is 5.90. The summed E-state index contributed by atoms with van der Waals surface area (Å²) >= 11 is 0. The molecule has 0 aromatic rings. The van der Waals surface area contributed by atoms with Crippen molar-refractivity contribution in [3.8, 4) is 0 Å². The van der Waals surface area contributed by atoms with Gasteiger partial charge in [-0.1, -0.05) is 0 Å². The van der Waals surface area contributed by atoms with Crippen LogP contribution in [0, 0.1) is 5.92 Å². The number of hydrogen-bond donors (Lipinski definition) is 2. The monoisotopic (exact) mass is 216 g/mol. The van der Waals surface area contributed by atoms with Gasteiger partial charge in [0, 0.05) is 26.4 Å². The third-order valence-corrected chi connectivity index (χ3v) is 2.92. The second kappa shape index (κ2) is 7.17. The third kappa shape index (κ3) is 4.47. The number of ether oxygens (including phenoxy) is 2. The lowest BCUT2D eigenvalue weighted by atomic mass is 10.0. The van der Waals surface area contributed by atoms with Gasteiger partial charge in [-0.3, -0.25) is 11.3 Å². The molecule has 4 heteroatoms. The van der Waals surface area contributed by atoms with E-state index in [-0.39, 0.29) is 12.1 Å². The average molecular weight is 216 g/mol. The Hall–Kier alpha value is -0.160. The van der Waals surface area contributed by atoms with E-state index < -0.39 is 0 Å². The van der Waals surface area contributed by atoms with Crippen LogP contribution in [0.15, 0.2) is 0 Å². The average Bonchev–Trinajstić information content (AvgIpc) is 3.06. The zero-order chi connectivity index (χ0) is 11.1. The van der Waals surface area contributed by atoms with Crippen LogP contribution in [-0.4, -0.2) is 32.5 Å². The van der Waals surface area contributed by atoms with Gasteiger partial charge in [0.05, 0.1) is 6.10 Å². The fourth-order valence-electron chi connectivity index (χ4n) is 1.99. The Kier molecular flexibility index (Phi) is 6.17. The summed E-state index contributed by atoms with van der Waals surface area (Å²) in [4.78, 5) is 0. The van der Waals surface area contributed by atoms with Crippen LogP contribution < -0.4 is 11.3 Å². The fourth-order valence-corrected chi connectivity index (χ4v) is 1.99. The maximum atomic E-state index is 5.77. The second-order valence-electron chi connectivity index (χ2n) is 4.17. The third-order valence-electron chi connectivity index (χ3n) is 2.92. The molecule has 1 saturated carbocycles. The molecule has 0 saturated heterocycles. The number of hydrazine groups is 1. The van der Waals surface area contributed by atoms with Crippen molar-refractivity contribution in [3.05, 3.63) is 0 Å². The number of methoxy groups -OCH3 is 1. The summed E-state index contributed by atoms with van der Waals surface area (Å²) in [5, 5.41) is 0. The molecule has 0 spiro atoms. The molecule has 3 N–H and O–H groups in total. The van der Waals surface area contributed by atoms with E-state index in [4.69, 9.17) is 15.3 Å². The molecular formula is C11H24N2O2. The minimum absolute atomic E-state index is 0.271. The highest BCUT2D eigenvalue weighted by molar-refractivity contribution is 4.89. The topological polar surface area (TPSA) is 56.5 Å². The minimum Gasteiger partial charge on any atom is -0.385 e. The first-order chi connectivity index (χ1) is 7.33. The molecule has 0 bridgehead atoms. The second-order valence-corrected chi connectivity index (χ2v) is 4.17. The van der Waals surface area contributed by atoms with Gasteiger partial charge in [0.2, 0.25) is 0 Å². The van der Waals surface area contributed by atoms with Gasteiger partial charge in [0.1, 0.15) is 0 Å². The van der Waals surface area contributed by atoms with Crippen molar-refractivity contribution in [1.82, 2.24) is 5.43 Å². The fraction of sp³-hybridized carbons (Fsp3) is 1.00. The molecule has 1 fully saturated rings. The van der Waals surface area contributed by atoms with Crippen molar-refractivity contribution >= 4 is 0 Å². The summed E-state index contributed by atoms with van der Waals surface area (Å²) in [6.07, 6.45) is 4.91.